The van der Waals surface area contributed by atoms with E-state index in [1.54, 1.807) is 29.2 Å². The van der Waals surface area contributed by atoms with E-state index in [1.165, 1.54) is 6.92 Å². The second-order valence-electron chi connectivity index (χ2n) is 4.27. The molecule has 104 valence electrons. The lowest BCUT2D eigenvalue weighted by molar-refractivity contribution is 0.101. The number of amides is 2. The van der Waals surface area contributed by atoms with Crippen LogP contribution in [-0.2, 0) is 0 Å². The number of urea groups is 1. The lowest BCUT2D eigenvalue weighted by Crippen LogP contribution is -2.37. The molecule has 1 aromatic carbocycles. The van der Waals surface area contributed by atoms with Crippen molar-refractivity contribution in [2.45, 2.75) is 20.3 Å². The number of aliphatic hydroxyl groups is 1. The van der Waals surface area contributed by atoms with Crippen LogP contribution >= 0.6 is 0 Å². The number of Topliss-reactive ketones (excluding diaryl/α,β-unsaturated/α-hetero) is 1. The number of hydrogen-bond acceptors (Lipinski definition) is 3. The van der Waals surface area contributed by atoms with Gasteiger partial charge >= 0.3 is 6.03 Å². The molecule has 0 radical (unpaired) electrons. The SMILES string of the molecule is CCCN(CCO)C(=O)Nc1ccc(C(C)=O)cc1. The average molecular weight is 264 g/mol. The molecule has 0 saturated heterocycles. The normalized spacial score (nSPS) is 10.1. The molecule has 0 heterocycles. The molecule has 1 rings (SSSR count). The Morgan fingerprint density at radius 3 is 2.32 bits per heavy atom. The molecule has 0 spiro atoms. The fraction of sp³-hybridized carbons (Fsp3) is 0.429. The molecule has 1 aromatic rings. The Morgan fingerprint density at radius 1 is 1.21 bits per heavy atom. The molecule has 2 N–H and O–H groups in total. The van der Waals surface area contributed by atoms with Crippen LogP contribution in [0.4, 0.5) is 10.5 Å². The van der Waals surface area contributed by atoms with Gasteiger partial charge in [0.1, 0.15) is 0 Å². The standard InChI is InChI=1S/C14H20N2O3/c1-3-8-16(9-10-17)14(19)15-13-6-4-12(5-7-13)11(2)18/h4-7,17H,3,8-10H2,1-2H3,(H,15,19). The summed E-state index contributed by atoms with van der Waals surface area (Å²) in [4.78, 5) is 24.6. The van der Waals surface area contributed by atoms with Gasteiger partial charge in [-0.2, -0.15) is 0 Å². The maximum Gasteiger partial charge on any atom is 0.321 e. The van der Waals surface area contributed by atoms with Crippen molar-refractivity contribution in [3.05, 3.63) is 29.8 Å². The molecule has 0 aromatic heterocycles. The molecule has 5 nitrogen and oxygen atoms in total. The summed E-state index contributed by atoms with van der Waals surface area (Å²) in [6.07, 6.45) is 0.830. The smallest absolute Gasteiger partial charge is 0.321 e. The number of aliphatic hydroxyl groups excluding tert-OH is 1. The van der Waals surface area contributed by atoms with Gasteiger partial charge in [-0.05, 0) is 37.6 Å². The highest BCUT2D eigenvalue weighted by molar-refractivity contribution is 5.95. The first-order valence-corrected chi connectivity index (χ1v) is 6.36. The van der Waals surface area contributed by atoms with Gasteiger partial charge in [0.15, 0.2) is 5.78 Å². The second kappa shape index (κ2) is 7.53. The number of nitrogens with one attached hydrogen (secondary N) is 1. The van der Waals surface area contributed by atoms with Crippen LogP contribution in [0.25, 0.3) is 0 Å². The van der Waals surface area contributed by atoms with Crippen LogP contribution in [0.2, 0.25) is 0 Å². The second-order valence-corrected chi connectivity index (χ2v) is 4.27. The molecule has 5 heteroatoms. The van der Waals surface area contributed by atoms with Gasteiger partial charge in [-0.25, -0.2) is 4.79 Å². The molecule has 0 unspecified atom stereocenters. The monoisotopic (exact) mass is 264 g/mol. The van der Waals surface area contributed by atoms with E-state index in [0.717, 1.165) is 6.42 Å². The van der Waals surface area contributed by atoms with Crippen LogP contribution in [0, 0.1) is 0 Å². The number of carbonyl (C=O) groups is 2. The fourth-order valence-electron chi connectivity index (χ4n) is 1.70. The molecule has 0 saturated carbocycles. The molecule has 19 heavy (non-hydrogen) atoms. The van der Waals surface area contributed by atoms with E-state index in [1.807, 2.05) is 6.92 Å². The highest BCUT2D eigenvalue weighted by atomic mass is 16.3. The van der Waals surface area contributed by atoms with Gasteiger partial charge in [-0.3, -0.25) is 4.79 Å². The van der Waals surface area contributed by atoms with Gasteiger partial charge < -0.3 is 15.3 Å². The minimum atomic E-state index is -0.244. The maximum absolute atomic E-state index is 11.9. The number of rotatable bonds is 6. The largest absolute Gasteiger partial charge is 0.395 e. The van der Waals surface area contributed by atoms with E-state index in [0.29, 0.717) is 24.3 Å². The predicted molar refractivity (Wildman–Crippen MR) is 74.4 cm³/mol. The molecular weight excluding hydrogens is 244 g/mol. The van der Waals surface area contributed by atoms with E-state index in [-0.39, 0.29) is 18.4 Å². The molecule has 0 atom stereocenters. The number of carbonyl (C=O) groups excluding carboxylic acids is 2. The molecule has 0 aliphatic rings. The van der Waals surface area contributed by atoms with Gasteiger partial charge in [0.25, 0.3) is 0 Å². The fourth-order valence-corrected chi connectivity index (χ4v) is 1.70. The summed E-state index contributed by atoms with van der Waals surface area (Å²) >= 11 is 0. The molecular formula is C14H20N2O3. The Balaban J connectivity index is 2.66. The van der Waals surface area contributed by atoms with E-state index in [2.05, 4.69) is 5.32 Å². The molecule has 2 amide bonds. The Labute approximate surface area is 113 Å². The van der Waals surface area contributed by atoms with E-state index >= 15 is 0 Å². The zero-order chi connectivity index (χ0) is 14.3. The highest BCUT2D eigenvalue weighted by Gasteiger charge is 2.11. The first-order valence-electron chi connectivity index (χ1n) is 6.36. The molecule has 0 aliphatic carbocycles. The van der Waals surface area contributed by atoms with E-state index in [9.17, 15) is 9.59 Å². The Hall–Kier alpha value is -1.88. The minimum absolute atomic E-state index is 0.00855. The van der Waals surface area contributed by atoms with Gasteiger partial charge in [0.2, 0.25) is 0 Å². The summed E-state index contributed by atoms with van der Waals surface area (Å²) in [5, 5.41) is 11.7. The van der Waals surface area contributed by atoms with Crippen molar-refractivity contribution in [3.63, 3.8) is 0 Å². The lowest BCUT2D eigenvalue weighted by Gasteiger charge is -2.21. The number of hydrogen-bond donors (Lipinski definition) is 2. The Kier molecular flexibility index (Phi) is 6.02. The third-order valence-corrected chi connectivity index (χ3v) is 2.69. The summed E-state index contributed by atoms with van der Waals surface area (Å²) in [7, 11) is 0. The summed E-state index contributed by atoms with van der Waals surface area (Å²) in [5.41, 5.74) is 1.24. The van der Waals surface area contributed by atoms with Gasteiger partial charge in [0, 0.05) is 24.3 Å². The topological polar surface area (TPSA) is 69.6 Å². The zero-order valence-corrected chi connectivity index (χ0v) is 11.3. The molecule has 0 fully saturated rings. The van der Waals surface area contributed by atoms with Crippen molar-refractivity contribution >= 4 is 17.5 Å². The number of ketones is 1. The van der Waals surface area contributed by atoms with Crippen molar-refractivity contribution in [1.29, 1.82) is 0 Å². The van der Waals surface area contributed by atoms with E-state index in [4.69, 9.17) is 5.11 Å². The highest BCUT2D eigenvalue weighted by Crippen LogP contribution is 2.11. The first-order chi connectivity index (χ1) is 9.08. The predicted octanol–water partition coefficient (Wildman–Crippen LogP) is 2.13. The van der Waals surface area contributed by atoms with Crippen LogP contribution < -0.4 is 5.32 Å². The van der Waals surface area contributed by atoms with Crippen molar-refractivity contribution in [2.24, 2.45) is 0 Å². The summed E-state index contributed by atoms with van der Waals surface area (Å²) in [6.45, 7) is 4.32. The summed E-state index contributed by atoms with van der Waals surface area (Å²) in [6, 6.07) is 6.49. The third-order valence-electron chi connectivity index (χ3n) is 2.69. The summed E-state index contributed by atoms with van der Waals surface area (Å²) in [5.74, 6) is -0.00855. The van der Waals surface area contributed by atoms with Crippen molar-refractivity contribution in [3.8, 4) is 0 Å². The number of anilines is 1. The molecule has 0 aliphatic heterocycles. The summed E-state index contributed by atoms with van der Waals surface area (Å²) < 4.78 is 0. The van der Waals surface area contributed by atoms with E-state index < -0.39 is 0 Å². The Bertz CT molecular complexity index is 423. The van der Waals surface area contributed by atoms with Crippen LogP contribution in [0.15, 0.2) is 24.3 Å². The minimum Gasteiger partial charge on any atom is -0.395 e. The number of benzene rings is 1. The molecule has 0 bridgehead atoms. The average Bonchev–Trinajstić information content (AvgIpc) is 2.39. The first kappa shape index (κ1) is 15.2. The number of nitrogens with zero attached hydrogens (tertiary/aromatic N) is 1. The third kappa shape index (κ3) is 4.71. The van der Waals surface area contributed by atoms with Crippen molar-refractivity contribution in [1.82, 2.24) is 4.90 Å². The van der Waals surface area contributed by atoms with Gasteiger partial charge in [0.05, 0.1) is 6.61 Å². The van der Waals surface area contributed by atoms with Crippen LogP contribution in [0.5, 0.6) is 0 Å². The van der Waals surface area contributed by atoms with Crippen LogP contribution in [-0.4, -0.2) is 41.5 Å². The quantitative estimate of drug-likeness (QED) is 0.773. The Morgan fingerprint density at radius 2 is 1.84 bits per heavy atom. The van der Waals surface area contributed by atoms with Crippen LogP contribution in [0.3, 0.4) is 0 Å². The van der Waals surface area contributed by atoms with Crippen molar-refractivity contribution < 1.29 is 14.7 Å². The lowest BCUT2D eigenvalue weighted by atomic mass is 10.1. The van der Waals surface area contributed by atoms with Gasteiger partial charge in [-0.15, -0.1) is 0 Å². The maximum atomic E-state index is 11.9. The van der Waals surface area contributed by atoms with Gasteiger partial charge in [-0.1, -0.05) is 6.92 Å². The van der Waals surface area contributed by atoms with Crippen molar-refractivity contribution in [2.75, 3.05) is 25.0 Å². The zero-order valence-electron chi connectivity index (χ0n) is 11.3. The van der Waals surface area contributed by atoms with Crippen LogP contribution in [0.1, 0.15) is 30.6 Å².